The zero-order valence-electron chi connectivity index (χ0n) is 10.1. The lowest BCUT2D eigenvalue weighted by atomic mass is 9.80. The fraction of sp³-hybridized carbons (Fsp3) is 0.538. The zero-order chi connectivity index (χ0) is 12.0. The molecule has 0 saturated heterocycles. The van der Waals surface area contributed by atoms with Gasteiger partial charge in [0.2, 0.25) is 0 Å². The Morgan fingerprint density at radius 3 is 2.78 bits per heavy atom. The van der Waals surface area contributed by atoms with Gasteiger partial charge in [-0.25, -0.2) is 0 Å². The molecule has 1 heterocycles. The SMILES string of the molecule is CNC1CCCC2c3c(Cl)cc(Cl)cc3OC12.Cl. The molecule has 1 N–H and O–H groups in total. The Balaban J connectivity index is 0.00000120. The Bertz CT molecular complexity index is 452. The lowest BCUT2D eigenvalue weighted by molar-refractivity contribution is 0.125. The third-order valence-electron chi connectivity index (χ3n) is 3.88. The van der Waals surface area contributed by atoms with E-state index in [2.05, 4.69) is 5.32 Å². The topological polar surface area (TPSA) is 21.3 Å². The van der Waals surface area contributed by atoms with Crippen molar-refractivity contribution in [1.29, 1.82) is 0 Å². The molecule has 3 unspecified atom stereocenters. The summed E-state index contributed by atoms with van der Waals surface area (Å²) in [5.74, 6) is 1.29. The second-order valence-corrected chi connectivity index (χ2v) is 5.66. The van der Waals surface area contributed by atoms with E-state index in [0.717, 1.165) is 29.2 Å². The molecule has 2 aliphatic rings. The molecule has 100 valence electrons. The van der Waals surface area contributed by atoms with Crippen molar-refractivity contribution >= 4 is 35.6 Å². The maximum Gasteiger partial charge on any atom is 0.126 e. The molecule has 1 aliphatic heterocycles. The number of halogens is 3. The first-order valence-corrected chi connectivity index (χ1v) is 6.79. The molecule has 18 heavy (non-hydrogen) atoms. The number of rotatable bonds is 1. The molecule has 1 aromatic rings. The van der Waals surface area contributed by atoms with Crippen molar-refractivity contribution in [3.63, 3.8) is 0 Å². The van der Waals surface area contributed by atoms with E-state index < -0.39 is 0 Å². The highest BCUT2D eigenvalue weighted by Gasteiger charge is 2.42. The van der Waals surface area contributed by atoms with Crippen LogP contribution >= 0.6 is 35.6 Å². The molecule has 1 saturated carbocycles. The molecule has 0 bridgehead atoms. The molecule has 2 nitrogen and oxygen atoms in total. The number of benzene rings is 1. The van der Waals surface area contributed by atoms with Crippen LogP contribution in [-0.4, -0.2) is 19.2 Å². The highest BCUT2D eigenvalue weighted by atomic mass is 35.5. The van der Waals surface area contributed by atoms with Crippen LogP contribution in [0.4, 0.5) is 0 Å². The van der Waals surface area contributed by atoms with Crippen molar-refractivity contribution in [2.45, 2.75) is 37.3 Å². The van der Waals surface area contributed by atoms with Crippen LogP contribution in [-0.2, 0) is 0 Å². The Labute approximate surface area is 123 Å². The molecule has 1 aliphatic carbocycles. The largest absolute Gasteiger partial charge is 0.488 e. The van der Waals surface area contributed by atoms with Crippen molar-refractivity contribution in [2.75, 3.05) is 7.05 Å². The van der Waals surface area contributed by atoms with E-state index >= 15 is 0 Å². The van der Waals surface area contributed by atoms with Crippen LogP contribution in [0.1, 0.15) is 30.7 Å². The molecule has 3 atom stereocenters. The Hall–Kier alpha value is -0.150. The van der Waals surface area contributed by atoms with E-state index in [1.54, 1.807) is 0 Å². The summed E-state index contributed by atoms with van der Waals surface area (Å²) in [5, 5.41) is 4.74. The van der Waals surface area contributed by atoms with Gasteiger partial charge < -0.3 is 10.1 Å². The highest BCUT2D eigenvalue weighted by Crippen LogP contribution is 2.49. The van der Waals surface area contributed by atoms with Gasteiger partial charge >= 0.3 is 0 Å². The first-order chi connectivity index (χ1) is 8.20. The van der Waals surface area contributed by atoms with E-state index in [9.17, 15) is 0 Å². The number of likely N-dealkylation sites (N-methyl/N-ethyl adjacent to an activating group) is 1. The minimum absolute atomic E-state index is 0. The van der Waals surface area contributed by atoms with Gasteiger partial charge in [0.25, 0.3) is 0 Å². The second kappa shape index (κ2) is 5.46. The molecular formula is C13H16Cl3NO. The average molecular weight is 309 g/mol. The summed E-state index contributed by atoms with van der Waals surface area (Å²) in [6.07, 6.45) is 3.74. The van der Waals surface area contributed by atoms with Gasteiger partial charge in [-0.1, -0.05) is 29.6 Å². The predicted molar refractivity (Wildman–Crippen MR) is 77.6 cm³/mol. The molecule has 0 radical (unpaired) electrons. The first kappa shape index (κ1) is 14.3. The lowest BCUT2D eigenvalue weighted by Crippen LogP contribution is -2.44. The smallest absolute Gasteiger partial charge is 0.126 e. The molecule has 0 aromatic heterocycles. The number of hydrogen-bond acceptors (Lipinski definition) is 2. The highest BCUT2D eigenvalue weighted by molar-refractivity contribution is 6.35. The zero-order valence-corrected chi connectivity index (χ0v) is 12.4. The van der Waals surface area contributed by atoms with Crippen molar-refractivity contribution in [2.24, 2.45) is 0 Å². The molecule has 1 fully saturated rings. The minimum Gasteiger partial charge on any atom is -0.488 e. The van der Waals surface area contributed by atoms with Gasteiger partial charge in [-0.2, -0.15) is 0 Å². The van der Waals surface area contributed by atoms with Crippen LogP contribution in [0.15, 0.2) is 12.1 Å². The summed E-state index contributed by atoms with van der Waals surface area (Å²) in [4.78, 5) is 0. The van der Waals surface area contributed by atoms with Gasteiger partial charge in [-0.15, -0.1) is 12.4 Å². The van der Waals surface area contributed by atoms with E-state index in [1.165, 1.54) is 6.42 Å². The van der Waals surface area contributed by atoms with Crippen LogP contribution < -0.4 is 10.1 Å². The van der Waals surface area contributed by atoms with Crippen LogP contribution in [0.2, 0.25) is 10.0 Å². The molecule has 5 heteroatoms. The number of nitrogens with one attached hydrogen (secondary N) is 1. The van der Waals surface area contributed by atoms with Gasteiger partial charge in [0, 0.05) is 27.6 Å². The Morgan fingerprint density at radius 1 is 1.28 bits per heavy atom. The van der Waals surface area contributed by atoms with Crippen molar-refractivity contribution < 1.29 is 4.74 Å². The van der Waals surface area contributed by atoms with Crippen molar-refractivity contribution in [3.05, 3.63) is 27.7 Å². The second-order valence-electron chi connectivity index (χ2n) is 4.81. The minimum atomic E-state index is 0. The van der Waals surface area contributed by atoms with E-state index in [0.29, 0.717) is 17.0 Å². The van der Waals surface area contributed by atoms with Gasteiger partial charge in [-0.3, -0.25) is 0 Å². The normalized spacial score (nSPS) is 28.9. The van der Waals surface area contributed by atoms with Crippen LogP contribution in [0, 0.1) is 0 Å². The first-order valence-electron chi connectivity index (χ1n) is 6.03. The summed E-state index contributed by atoms with van der Waals surface area (Å²) < 4.78 is 6.04. The monoisotopic (exact) mass is 307 g/mol. The molecule has 0 spiro atoms. The fourth-order valence-electron chi connectivity index (χ4n) is 3.11. The van der Waals surface area contributed by atoms with E-state index in [4.69, 9.17) is 27.9 Å². The van der Waals surface area contributed by atoms with Crippen LogP contribution in [0.5, 0.6) is 5.75 Å². The van der Waals surface area contributed by atoms with Crippen LogP contribution in [0.25, 0.3) is 0 Å². The average Bonchev–Trinajstić information content (AvgIpc) is 2.66. The van der Waals surface area contributed by atoms with Gasteiger partial charge in [0.15, 0.2) is 0 Å². The quantitative estimate of drug-likeness (QED) is 0.845. The summed E-state index contributed by atoms with van der Waals surface area (Å²) in [5.41, 5.74) is 1.15. The van der Waals surface area contributed by atoms with Crippen molar-refractivity contribution in [1.82, 2.24) is 5.32 Å². The summed E-state index contributed by atoms with van der Waals surface area (Å²) in [6.45, 7) is 0. The Kier molecular flexibility index (Phi) is 4.32. The standard InChI is InChI=1S/C13H15Cl2NO.ClH/c1-16-10-4-2-3-8-12-9(15)5-7(14)6-11(12)17-13(8)10;/h5-6,8,10,13,16H,2-4H2,1H3;1H. The van der Waals surface area contributed by atoms with Crippen molar-refractivity contribution in [3.8, 4) is 5.75 Å². The number of ether oxygens (including phenoxy) is 1. The van der Waals surface area contributed by atoms with Gasteiger partial charge in [-0.05, 0) is 32.0 Å². The fourth-order valence-corrected chi connectivity index (χ4v) is 3.73. The van der Waals surface area contributed by atoms with E-state index in [-0.39, 0.29) is 18.5 Å². The number of hydrogen-bond donors (Lipinski definition) is 1. The predicted octanol–water partition coefficient (Wildman–Crippen LogP) is 4.03. The maximum atomic E-state index is 6.30. The van der Waals surface area contributed by atoms with Gasteiger partial charge in [0.05, 0.1) is 0 Å². The summed E-state index contributed by atoms with van der Waals surface area (Å²) in [7, 11) is 1.99. The third kappa shape index (κ3) is 2.20. The van der Waals surface area contributed by atoms with Crippen LogP contribution in [0.3, 0.4) is 0 Å². The van der Waals surface area contributed by atoms with Gasteiger partial charge in [0.1, 0.15) is 11.9 Å². The third-order valence-corrected chi connectivity index (χ3v) is 4.42. The maximum absolute atomic E-state index is 6.30. The Morgan fingerprint density at radius 2 is 2.06 bits per heavy atom. The molecule has 3 rings (SSSR count). The summed E-state index contributed by atoms with van der Waals surface area (Å²) in [6, 6.07) is 4.11. The molecule has 0 amide bonds. The summed E-state index contributed by atoms with van der Waals surface area (Å²) >= 11 is 12.3. The molecule has 1 aromatic carbocycles. The van der Waals surface area contributed by atoms with E-state index in [1.807, 2.05) is 19.2 Å². The molecular weight excluding hydrogens is 293 g/mol. The lowest BCUT2D eigenvalue weighted by Gasteiger charge is -2.32. The number of fused-ring (bicyclic) bond motifs is 3.